The summed E-state index contributed by atoms with van der Waals surface area (Å²) in [5.74, 6) is 3.62. The van der Waals surface area contributed by atoms with Gasteiger partial charge in [-0.3, -0.25) is 0 Å². The van der Waals surface area contributed by atoms with E-state index in [2.05, 4.69) is 69.6 Å². The highest BCUT2D eigenvalue weighted by Crippen LogP contribution is 2.35. The van der Waals surface area contributed by atoms with E-state index in [0.29, 0.717) is 11.5 Å². The van der Waals surface area contributed by atoms with Gasteiger partial charge in [-0.1, -0.05) is 51.9 Å². The number of Topliss-reactive ketones (excluding diaryl/α,β-unsaturated/α-hetero) is 1. The summed E-state index contributed by atoms with van der Waals surface area (Å²) < 4.78 is 0. The molecule has 0 aliphatic carbocycles. The quantitative estimate of drug-likeness (QED) is 0.565. The third-order valence-corrected chi connectivity index (χ3v) is 8.84. The fourth-order valence-corrected chi connectivity index (χ4v) is 2.54. The first kappa shape index (κ1) is 17.7. The van der Waals surface area contributed by atoms with Gasteiger partial charge < -0.3 is 4.79 Å². The minimum atomic E-state index is -1.53. The van der Waals surface area contributed by atoms with E-state index in [0.717, 1.165) is 18.4 Å². The zero-order valence-corrected chi connectivity index (χ0v) is 15.3. The minimum absolute atomic E-state index is 0.270. The van der Waals surface area contributed by atoms with Gasteiger partial charge in [0, 0.05) is 12.0 Å². The largest absolute Gasteiger partial charge is 0.300 e. The van der Waals surface area contributed by atoms with Gasteiger partial charge in [-0.15, -0.1) is 5.54 Å². The highest BCUT2D eigenvalue weighted by atomic mass is 28.3. The number of rotatable bonds is 4. The number of hydrogen-bond donors (Lipinski definition) is 0. The molecule has 21 heavy (non-hydrogen) atoms. The van der Waals surface area contributed by atoms with Crippen LogP contribution in [0.1, 0.15) is 51.7 Å². The second-order valence-electron chi connectivity index (χ2n) is 7.38. The van der Waals surface area contributed by atoms with Crippen molar-refractivity contribution in [2.24, 2.45) is 0 Å². The van der Waals surface area contributed by atoms with Crippen LogP contribution in [-0.4, -0.2) is 13.9 Å². The summed E-state index contributed by atoms with van der Waals surface area (Å²) in [7, 11) is -1.53. The van der Waals surface area contributed by atoms with Gasteiger partial charge in [0.1, 0.15) is 13.9 Å². The van der Waals surface area contributed by atoms with Crippen molar-refractivity contribution in [3.05, 3.63) is 35.4 Å². The van der Waals surface area contributed by atoms with Crippen LogP contribution >= 0.6 is 0 Å². The first-order valence-corrected chi connectivity index (χ1v) is 10.7. The summed E-state index contributed by atoms with van der Waals surface area (Å²) in [5, 5.41) is 0.298. The van der Waals surface area contributed by atoms with Crippen molar-refractivity contribution in [2.75, 3.05) is 0 Å². The molecule has 0 amide bonds. The van der Waals surface area contributed by atoms with Gasteiger partial charge >= 0.3 is 0 Å². The number of carbonyl (C=O) groups excluding carboxylic acids is 1. The molecule has 0 heterocycles. The molecule has 0 spiro atoms. The fourth-order valence-electron chi connectivity index (χ4n) is 1.71. The van der Waals surface area contributed by atoms with Gasteiger partial charge in [0.2, 0.25) is 0 Å². The Kier molecular flexibility index (Phi) is 5.98. The molecule has 0 saturated carbocycles. The van der Waals surface area contributed by atoms with Crippen LogP contribution in [-0.2, 0) is 11.2 Å². The molecule has 1 nitrogen and oxygen atoms in total. The number of hydrogen-bond acceptors (Lipinski definition) is 1. The van der Waals surface area contributed by atoms with Crippen molar-refractivity contribution in [2.45, 2.75) is 65.1 Å². The maximum Gasteiger partial charge on any atom is 0.138 e. The Morgan fingerprint density at radius 1 is 1.14 bits per heavy atom. The summed E-state index contributed by atoms with van der Waals surface area (Å²) in [5.41, 5.74) is 5.92. The average molecular weight is 301 g/mol. The Bertz CT molecular complexity index is 536. The summed E-state index contributed by atoms with van der Waals surface area (Å²) in [4.78, 5) is 10.9. The smallest absolute Gasteiger partial charge is 0.138 e. The number of ketones is 1. The Balaban J connectivity index is 2.70. The maximum absolute atomic E-state index is 10.9. The van der Waals surface area contributed by atoms with E-state index in [9.17, 15) is 4.79 Å². The van der Waals surface area contributed by atoms with E-state index < -0.39 is 8.07 Å². The van der Waals surface area contributed by atoms with Crippen LogP contribution in [0.4, 0.5) is 0 Å². The molecular weight excluding hydrogens is 272 g/mol. The SMILES string of the molecule is CC(=O)CCCc1ccc(C#C[Si](C)(C)C(C)(C)C)cc1. The van der Waals surface area contributed by atoms with Crippen LogP contribution in [0.5, 0.6) is 0 Å². The molecule has 0 saturated heterocycles. The molecule has 0 fully saturated rings. The summed E-state index contributed by atoms with van der Waals surface area (Å²) >= 11 is 0. The van der Waals surface area contributed by atoms with Crippen LogP contribution < -0.4 is 0 Å². The third-order valence-electron chi connectivity index (χ3n) is 4.34. The van der Waals surface area contributed by atoms with Gasteiger partial charge in [-0.2, -0.15) is 0 Å². The minimum Gasteiger partial charge on any atom is -0.300 e. The number of carbonyl (C=O) groups is 1. The lowest BCUT2D eigenvalue weighted by molar-refractivity contribution is -0.117. The third kappa shape index (κ3) is 5.89. The van der Waals surface area contributed by atoms with Crippen LogP contribution in [0, 0.1) is 11.5 Å². The van der Waals surface area contributed by atoms with E-state index in [-0.39, 0.29) is 5.78 Å². The maximum atomic E-state index is 10.9. The molecule has 1 rings (SSSR count). The monoisotopic (exact) mass is 300 g/mol. The number of aryl methyl sites for hydroxylation is 1. The molecule has 0 radical (unpaired) electrons. The van der Waals surface area contributed by atoms with Gasteiger partial charge in [-0.05, 0) is 42.5 Å². The van der Waals surface area contributed by atoms with E-state index >= 15 is 0 Å². The van der Waals surface area contributed by atoms with Crippen molar-refractivity contribution in [1.29, 1.82) is 0 Å². The Hall–Kier alpha value is -1.33. The highest BCUT2D eigenvalue weighted by Gasteiger charge is 2.33. The standard InChI is InChI=1S/C19H28OSi/c1-16(20)8-7-9-17-10-12-18(13-11-17)14-15-21(5,6)19(2,3)4/h10-13H,7-9H2,1-6H3. The van der Waals surface area contributed by atoms with Crippen LogP contribution in [0.15, 0.2) is 24.3 Å². The van der Waals surface area contributed by atoms with Gasteiger partial charge in [0.05, 0.1) is 0 Å². The summed E-state index contributed by atoms with van der Waals surface area (Å²) in [6.07, 6.45) is 2.58. The number of benzene rings is 1. The molecule has 0 aromatic heterocycles. The Morgan fingerprint density at radius 2 is 1.71 bits per heavy atom. The molecule has 1 aromatic carbocycles. The van der Waals surface area contributed by atoms with Crippen molar-refractivity contribution < 1.29 is 4.79 Å². The summed E-state index contributed by atoms with van der Waals surface area (Å²) in [6.45, 7) is 13.2. The van der Waals surface area contributed by atoms with E-state index in [1.54, 1.807) is 6.92 Å². The first-order valence-electron chi connectivity index (χ1n) is 7.73. The van der Waals surface area contributed by atoms with Gasteiger partial charge in [-0.25, -0.2) is 0 Å². The predicted octanol–water partition coefficient (Wildman–Crippen LogP) is 5.00. The lowest BCUT2D eigenvalue weighted by atomic mass is 10.1. The predicted molar refractivity (Wildman–Crippen MR) is 94.1 cm³/mol. The van der Waals surface area contributed by atoms with Crippen molar-refractivity contribution in [3.8, 4) is 11.5 Å². The molecular formula is C19H28OSi. The molecule has 0 aliphatic heterocycles. The second-order valence-corrected chi connectivity index (χ2v) is 12.4. The normalized spacial score (nSPS) is 11.7. The molecule has 114 valence electrons. The molecule has 0 bridgehead atoms. The van der Waals surface area contributed by atoms with E-state index in [1.165, 1.54) is 5.56 Å². The molecule has 0 aliphatic rings. The molecule has 0 N–H and O–H groups in total. The molecule has 1 aromatic rings. The van der Waals surface area contributed by atoms with Crippen molar-refractivity contribution in [1.82, 2.24) is 0 Å². The zero-order valence-electron chi connectivity index (χ0n) is 14.3. The Morgan fingerprint density at radius 3 is 2.19 bits per heavy atom. The molecule has 0 atom stereocenters. The first-order chi connectivity index (χ1) is 9.62. The lowest BCUT2D eigenvalue weighted by Gasteiger charge is -2.31. The van der Waals surface area contributed by atoms with Gasteiger partial charge in [0.15, 0.2) is 0 Å². The van der Waals surface area contributed by atoms with Gasteiger partial charge in [0.25, 0.3) is 0 Å². The van der Waals surface area contributed by atoms with Crippen molar-refractivity contribution >= 4 is 13.9 Å². The van der Waals surface area contributed by atoms with Crippen LogP contribution in [0.25, 0.3) is 0 Å². The average Bonchev–Trinajstić information content (AvgIpc) is 2.36. The molecule has 0 unspecified atom stereocenters. The lowest BCUT2D eigenvalue weighted by Crippen LogP contribution is -2.35. The van der Waals surface area contributed by atoms with E-state index in [1.807, 2.05) is 0 Å². The topological polar surface area (TPSA) is 17.1 Å². The zero-order chi connectivity index (χ0) is 16.1. The van der Waals surface area contributed by atoms with Crippen molar-refractivity contribution in [3.63, 3.8) is 0 Å². The Labute approximate surface area is 131 Å². The summed E-state index contributed by atoms with van der Waals surface area (Å²) in [6, 6.07) is 8.47. The van der Waals surface area contributed by atoms with Crippen LogP contribution in [0.2, 0.25) is 18.1 Å². The second kappa shape index (κ2) is 7.09. The van der Waals surface area contributed by atoms with Crippen LogP contribution in [0.3, 0.4) is 0 Å². The van der Waals surface area contributed by atoms with E-state index in [4.69, 9.17) is 0 Å². The molecule has 2 heteroatoms. The highest BCUT2D eigenvalue weighted by molar-refractivity contribution is 6.87. The fraction of sp³-hybridized carbons (Fsp3) is 0.526.